The van der Waals surface area contributed by atoms with Gasteiger partial charge in [0.1, 0.15) is 18.4 Å². The second-order valence-electron chi connectivity index (χ2n) is 8.60. The summed E-state index contributed by atoms with van der Waals surface area (Å²) < 4.78 is 16.5. The van der Waals surface area contributed by atoms with E-state index < -0.39 is 17.9 Å². The third-order valence-electron chi connectivity index (χ3n) is 5.50. The van der Waals surface area contributed by atoms with Crippen LogP contribution in [0.4, 0.5) is 0 Å². The van der Waals surface area contributed by atoms with E-state index in [-0.39, 0.29) is 19.3 Å². The number of hydrazone groups is 1. The predicted molar refractivity (Wildman–Crippen MR) is 142 cm³/mol. The summed E-state index contributed by atoms with van der Waals surface area (Å²) in [6.45, 7) is 4.05. The Kier molecular flexibility index (Phi) is 8.53. The SMILES string of the molecule is CC(C)C(NC(=O)c1ccc2c(c1)OCO2)C(=O)N/N=C/c1cc(Cl)ccc1OCc1cccc(Cl)c1. The van der Waals surface area contributed by atoms with E-state index in [4.69, 9.17) is 37.4 Å². The Morgan fingerprint density at radius 2 is 1.81 bits per heavy atom. The number of benzene rings is 3. The standard InChI is InChI=1S/C27H25Cl2N3O5/c1-16(2)25(31-26(33)18-6-8-23-24(12-18)37-15-36-23)27(34)32-30-13-19-11-21(29)7-9-22(19)35-14-17-4-3-5-20(28)10-17/h3-13,16,25H,14-15H2,1-2H3,(H,31,33)(H,32,34)/b30-13+. The Morgan fingerprint density at radius 1 is 1.03 bits per heavy atom. The van der Waals surface area contributed by atoms with Crippen LogP contribution >= 0.6 is 23.2 Å². The van der Waals surface area contributed by atoms with Crippen molar-refractivity contribution in [3.05, 3.63) is 87.4 Å². The smallest absolute Gasteiger partial charge is 0.262 e. The van der Waals surface area contributed by atoms with Crippen LogP contribution in [0.3, 0.4) is 0 Å². The first-order valence-corrected chi connectivity index (χ1v) is 12.3. The van der Waals surface area contributed by atoms with Crippen molar-refractivity contribution in [2.45, 2.75) is 26.5 Å². The largest absolute Gasteiger partial charge is 0.488 e. The molecular formula is C27H25Cl2N3O5. The summed E-state index contributed by atoms with van der Waals surface area (Å²) in [5.41, 5.74) is 4.32. The molecule has 0 spiro atoms. The summed E-state index contributed by atoms with van der Waals surface area (Å²) in [6, 6.07) is 16.5. The van der Waals surface area contributed by atoms with Gasteiger partial charge >= 0.3 is 0 Å². The molecule has 1 aliphatic rings. The van der Waals surface area contributed by atoms with Crippen molar-refractivity contribution in [1.29, 1.82) is 0 Å². The number of carbonyl (C=O) groups is 2. The van der Waals surface area contributed by atoms with E-state index in [0.29, 0.717) is 38.4 Å². The van der Waals surface area contributed by atoms with Crippen LogP contribution in [-0.2, 0) is 11.4 Å². The zero-order chi connectivity index (χ0) is 26.4. The molecule has 1 atom stereocenters. The number of hydrogen-bond acceptors (Lipinski definition) is 6. The molecule has 1 unspecified atom stereocenters. The Morgan fingerprint density at radius 3 is 2.59 bits per heavy atom. The fourth-order valence-electron chi connectivity index (χ4n) is 3.57. The van der Waals surface area contributed by atoms with E-state index in [2.05, 4.69) is 15.8 Å². The molecule has 4 rings (SSSR count). The molecule has 0 saturated carbocycles. The maximum atomic E-state index is 12.9. The van der Waals surface area contributed by atoms with Crippen LogP contribution in [0.2, 0.25) is 10.0 Å². The summed E-state index contributed by atoms with van der Waals surface area (Å²) in [4.78, 5) is 25.7. The molecule has 0 fully saturated rings. The first-order chi connectivity index (χ1) is 17.8. The van der Waals surface area contributed by atoms with E-state index in [0.717, 1.165) is 5.56 Å². The lowest BCUT2D eigenvalue weighted by Crippen LogP contribution is -2.48. The van der Waals surface area contributed by atoms with Crippen molar-refractivity contribution >= 4 is 41.2 Å². The molecule has 0 radical (unpaired) electrons. The minimum absolute atomic E-state index is 0.107. The zero-order valence-electron chi connectivity index (χ0n) is 20.2. The average molecular weight is 542 g/mol. The van der Waals surface area contributed by atoms with Crippen LogP contribution in [0.25, 0.3) is 0 Å². The molecule has 1 heterocycles. The van der Waals surface area contributed by atoms with E-state index >= 15 is 0 Å². The Balaban J connectivity index is 1.40. The average Bonchev–Trinajstić information content (AvgIpc) is 3.34. The summed E-state index contributed by atoms with van der Waals surface area (Å²) in [5.74, 6) is 0.500. The molecule has 192 valence electrons. The maximum absolute atomic E-state index is 12.9. The van der Waals surface area contributed by atoms with E-state index in [1.807, 2.05) is 32.0 Å². The van der Waals surface area contributed by atoms with E-state index in [1.165, 1.54) is 6.21 Å². The number of halogens is 2. The van der Waals surface area contributed by atoms with Crippen LogP contribution in [0.1, 0.15) is 35.3 Å². The van der Waals surface area contributed by atoms with Crippen molar-refractivity contribution in [3.63, 3.8) is 0 Å². The molecule has 3 aromatic rings. The molecule has 37 heavy (non-hydrogen) atoms. The number of nitrogens with one attached hydrogen (secondary N) is 2. The van der Waals surface area contributed by atoms with Gasteiger partial charge in [-0.2, -0.15) is 5.10 Å². The molecule has 10 heteroatoms. The molecule has 0 aromatic heterocycles. The summed E-state index contributed by atoms with van der Waals surface area (Å²) in [7, 11) is 0. The minimum Gasteiger partial charge on any atom is -0.488 e. The van der Waals surface area contributed by atoms with Crippen LogP contribution < -0.4 is 25.0 Å². The van der Waals surface area contributed by atoms with Gasteiger partial charge in [-0.3, -0.25) is 9.59 Å². The molecule has 2 N–H and O–H groups in total. The Bertz CT molecular complexity index is 1330. The monoisotopic (exact) mass is 541 g/mol. The number of ether oxygens (including phenoxy) is 3. The quantitative estimate of drug-likeness (QED) is 0.286. The topological polar surface area (TPSA) is 98.2 Å². The van der Waals surface area contributed by atoms with Crippen LogP contribution in [-0.4, -0.2) is 30.9 Å². The molecule has 0 saturated heterocycles. The fourth-order valence-corrected chi connectivity index (χ4v) is 3.97. The fraction of sp³-hybridized carbons (Fsp3) is 0.222. The second kappa shape index (κ2) is 12.0. The molecule has 3 aromatic carbocycles. The molecule has 1 aliphatic heterocycles. The third kappa shape index (κ3) is 6.93. The van der Waals surface area contributed by atoms with Gasteiger partial charge in [0, 0.05) is 21.2 Å². The summed E-state index contributed by atoms with van der Waals surface area (Å²) in [5, 5.41) is 7.93. The van der Waals surface area contributed by atoms with Crippen molar-refractivity contribution in [3.8, 4) is 17.2 Å². The van der Waals surface area contributed by atoms with Gasteiger partial charge in [0.15, 0.2) is 11.5 Å². The van der Waals surface area contributed by atoms with Gasteiger partial charge in [0.2, 0.25) is 6.79 Å². The zero-order valence-corrected chi connectivity index (χ0v) is 21.7. The van der Waals surface area contributed by atoms with Gasteiger partial charge in [-0.05, 0) is 60.0 Å². The highest BCUT2D eigenvalue weighted by Gasteiger charge is 2.25. The molecule has 0 aliphatic carbocycles. The van der Waals surface area contributed by atoms with Gasteiger partial charge in [0.25, 0.3) is 11.8 Å². The molecule has 0 bridgehead atoms. The van der Waals surface area contributed by atoms with Crippen molar-refractivity contribution in [2.24, 2.45) is 11.0 Å². The van der Waals surface area contributed by atoms with Gasteiger partial charge in [-0.1, -0.05) is 49.2 Å². The molecular weight excluding hydrogens is 517 g/mol. The highest BCUT2D eigenvalue weighted by atomic mass is 35.5. The number of carbonyl (C=O) groups excluding carboxylic acids is 2. The highest BCUT2D eigenvalue weighted by molar-refractivity contribution is 6.31. The van der Waals surface area contributed by atoms with Gasteiger partial charge in [-0.25, -0.2) is 5.43 Å². The Hall–Kier alpha value is -3.75. The van der Waals surface area contributed by atoms with Crippen LogP contribution in [0.5, 0.6) is 17.2 Å². The second-order valence-corrected chi connectivity index (χ2v) is 9.47. The Labute approximate surface area is 224 Å². The van der Waals surface area contributed by atoms with Gasteiger partial charge in [-0.15, -0.1) is 0 Å². The van der Waals surface area contributed by atoms with Crippen LogP contribution in [0, 0.1) is 5.92 Å². The van der Waals surface area contributed by atoms with Crippen molar-refractivity contribution in [1.82, 2.24) is 10.7 Å². The number of rotatable bonds is 9. The number of fused-ring (bicyclic) bond motifs is 1. The first-order valence-electron chi connectivity index (χ1n) is 11.5. The minimum atomic E-state index is -0.826. The summed E-state index contributed by atoms with van der Waals surface area (Å²) in [6.07, 6.45) is 1.44. The van der Waals surface area contributed by atoms with Crippen LogP contribution in [0.15, 0.2) is 65.8 Å². The lowest BCUT2D eigenvalue weighted by Gasteiger charge is -2.20. The van der Waals surface area contributed by atoms with E-state index in [9.17, 15) is 9.59 Å². The van der Waals surface area contributed by atoms with Crippen molar-refractivity contribution < 1.29 is 23.8 Å². The maximum Gasteiger partial charge on any atom is 0.262 e. The number of nitrogens with zero attached hydrogens (tertiary/aromatic N) is 1. The normalized spacial score (nSPS) is 13.0. The first kappa shape index (κ1) is 26.3. The lowest BCUT2D eigenvalue weighted by molar-refractivity contribution is -0.123. The summed E-state index contributed by atoms with van der Waals surface area (Å²) >= 11 is 12.2. The molecule has 8 nitrogen and oxygen atoms in total. The van der Waals surface area contributed by atoms with Gasteiger partial charge < -0.3 is 19.5 Å². The number of amides is 2. The van der Waals surface area contributed by atoms with Gasteiger partial charge in [0.05, 0.1) is 6.21 Å². The predicted octanol–water partition coefficient (Wildman–Crippen LogP) is 5.21. The lowest BCUT2D eigenvalue weighted by atomic mass is 10.0. The van der Waals surface area contributed by atoms with E-state index in [1.54, 1.807) is 42.5 Å². The number of hydrogen-bond donors (Lipinski definition) is 2. The van der Waals surface area contributed by atoms with Crippen molar-refractivity contribution in [2.75, 3.05) is 6.79 Å². The highest BCUT2D eigenvalue weighted by Crippen LogP contribution is 2.32. The molecule has 2 amide bonds. The third-order valence-corrected chi connectivity index (χ3v) is 5.97.